The lowest BCUT2D eigenvalue weighted by Gasteiger charge is -2.26. The van der Waals surface area contributed by atoms with Crippen LogP contribution >= 0.6 is 0 Å². The van der Waals surface area contributed by atoms with Crippen LogP contribution in [0.1, 0.15) is 38.9 Å². The van der Waals surface area contributed by atoms with E-state index in [1.54, 1.807) is 0 Å². The summed E-state index contributed by atoms with van der Waals surface area (Å²) in [4.78, 5) is 0. The van der Waals surface area contributed by atoms with Crippen molar-refractivity contribution in [1.29, 1.82) is 0 Å². The fourth-order valence-corrected chi connectivity index (χ4v) is 4.64. The van der Waals surface area contributed by atoms with Crippen molar-refractivity contribution in [1.82, 2.24) is 0 Å². The molecule has 0 N–H and O–H groups in total. The van der Waals surface area contributed by atoms with E-state index in [1.807, 2.05) is 0 Å². The molecule has 0 radical (unpaired) electrons. The second-order valence-electron chi connectivity index (χ2n) is 7.86. The zero-order valence-electron chi connectivity index (χ0n) is 17.2. The van der Waals surface area contributed by atoms with Crippen LogP contribution < -0.4 is 16.4 Å². The molecule has 0 fully saturated rings. The minimum Gasteiger partial charge on any atom is -0.0629 e. The van der Waals surface area contributed by atoms with Crippen LogP contribution in [-0.2, 0) is 0 Å². The van der Waals surface area contributed by atoms with Crippen LogP contribution in [-0.4, -0.2) is 6.71 Å². The molecule has 26 heavy (non-hydrogen) atoms. The third-order valence-electron chi connectivity index (χ3n) is 5.69. The van der Waals surface area contributed by atoms with Crippen molar-refractivity contribution in [3.63, 3.8) is 0 Å². The quantitative estimate of drug-likeness (QED) is 0.622. The Bertz CT molecular complexity index is 851. The van der Waals surface area contributed by atoms with Gasteiger partial charge in [0.25, 0.3) is 0 Å². The van der Waals surface area contributed by atoms with Gasteiger partial charge in [-0.2, -0.15) is 0 Å². The van der Waals surface area contributed by atoms with Crippen molar-refractivity contribution < 1.29 is 0 Å². The summed E-state index contributed by atoms with van der Waals surface area (Å²) < 4.78 is 0. The van der Waals surface area contributed by atoms with Crippen molar-refractivity contribution in [2.24, 2.45) is 0 Å². The molecular weight excluding hydrogens is 311 g/mol. The third kappa shape index (κ3) is 3.23. The van der Waals surface area contributed by atoms with Crippen molar-refractivity contribution >= 4 is 23.1 Å². The molecule has 0 bridgehead atoms. The summed E-state index contributed by atoms with van der Waals surface area (Å²) in [5, 5.41) is 0. The number of hydrogen-bond donors (Lipinski definition) is 0. The van der Waals surface area contributed by atoms with Crippen molar-refractivity contribution in [3.8, 4) is 0 Å². The van der Waals surface area contributed by atoms with Gasteiger partial charge in [-0.1, -0.05) is 104 Å². The SMILES string of the molecule is Cc1cc(C)c(B(c2c(C)cccc2C)c2c(C)cccc2C)c(C)c1. The lowest BCUT2D eigenvalue weighted by molar-refractivity contribution is 1.34. The molecule has 0 heterocycles. The minimum atomic E-state index is 0.276. The molecule has 132 valence electrons. The highest BCUT2D eigenvalue weighted by atomic mass is 14.1. The topological polar surface area (TPSA) is 0 Å². The minimum absolute atomic E-state index is 0.276. The molecule has 3 aromatic carbocycles. The molecular formula is C25H29B. The molecule has 0 atom stereocenters. The fraction of sp³-hybridized carbons (Fsp3) is 0.280. The molecule has 1 heteroatoms. The third-order valence-corrected chi connectivity index (χ3v) is 5.69. The molecule has 3 aromatic rings. The van der Waals surface area contributed by atoms with Crippen molar-refractivity contribution in [3.05, 3.63) is 87.5 Å². The van der Waals surface area contributed by atoms with Gasteiger partial charge in [-0.05, 0) is 48.5 Å². The first-order valence-corrected chi connectivity index (χ1v) is 9.51. The predicted octanol–water partition coefficient (Wildman–Crippen LogP) is 4.36. The molecule has 0 aliphatic carbocycles. The first-order chi connectivity index (χ1) is 12.3. The molecule has 0 nitrogen and oxygen atoms in total. The monoisotopic (exact) mass is 340 g/mol. The maximum atomic E-state index is 2.33. The van der Waals surface area contributed by atoms with Crippen LogP contribution in [0.2, 0.25) is 0 Å². The van der Waals surface area contributed by atoms with Crippen molar-refractivity contribution in [2.45, 2.75) is 48.5 Å². The van der Waals surface area contributed by atoms with E-state index in [2.05, 4.69) is 97.0 Å². The van der Waals surface area contributed by atoms with Gasteiger partial charge in [-0.3, -0.25) is 0 Å². The smallest absolute Gasteiger partial charge is 0.0629 e. The lowest BCUT2D eigenvalue weighted by Crippen LogP contribution is -2.57. The fourth-order valence-electron chi connectivity index (χ4n) is 4.64. The van der Waals surface area contributed by atoms with E-state index >= 15 is 0 Å². The van der Waals surface area contributed by atoms with Gasteiger partial charge in [0.1, 0.15) is 0 Å². The second kappa shape index (κ2) is 7.15. The van der Waals surface area contributed by atoms with E-state index in [4.69, 9.17) is 0 Å². The highest BCUT2D eigenvalue weighted by Gasteiger charge is 2.30. The summed E-state index contributed by atoms with van der Waals surface area (Å²) >= 11 is 0. The van der Waals surface area contributed by atoms with E-state index in [-0.39, 0.29) is 6.71 Å². The molecule has 0 amide bonds. The summed E-state index contributed by atoms with van der Waals surface area (Å²) in [6.45, 7) is 16.0. The molecule has 0 aliphatic rings. The van der Waals surface area contributed by atoms with E-state index in [0.717, 1.165) is 0 Å². The van der Waals surface area contributed by atoms with Gasteiger partial charge in [-0.15, -0.1) is 0 Å². The molecule has 3 rings (SSSR count). The Balaban J connectivity index is 2.43. The van der Waals surface area contributed by atoms with Crippen LogP contribution in [0.15, 0.2) is 48.5 Å². The second-order valence-corrected chi connectivity index (χ2v) is 7.86. The largest absolute Gasteiger partial charge is 0.243 e. The van der Waals surface area contributed by atoms with Crippen LogP contribution in [0, 0.1) is 48.5 Å². The zero-order valence-corrected chi connectivity index (χ0v) is 17.2. The normalized spacial score (nSPS) is 10.9. The summed E-state index contributed by atoms with van der Waals surface area (Å²) in [5.41, 5.74) is 14.0. The molecule has 0 spiro atoms. The highest BCUT2D eigenvalue weighted by molar-refractivity contribution is 6.97. The highest BCUT2D eigenvalue weighted by Crippen LogP contribution is 2.13. The zero-order chi connectivity index (χ0) is 19.0. The Morgan fingerprint density at radius 3 is 1.12 bits per heavy atom. The van der Waals surface area contributed by atoms with E-state index in [9.17, 15) is 0 Å². The van der Waals surface area contributed by atoms with Gasteiger partial charge in [0.2, 0.25) is 6.71 Å². The Morgan fingerprint density at radius 2 is 0.769 bits per heavy atom. The van der Waals surface area contributed by atoms with E-state index in [0.29, 0.717) is 0 Å². The average Bonchev–Trinajstić information content (AvgIpc) is 2.53. The van der Waals surface area contributed by atoms with Gasteiger partial charge in [-0.25, -0.2) is 0 Å². The van der Waals surface area contributed by atoms with Crippen LogP contribution in [0.5, 0.6) is 0 Å². The Hall–Kier alpha value is -2.28. The number of hydrogen-bond acceptors (Lipinski definition) is 0. The summed E-state index contributed by atoms with van der Waals surface area (Å²) in [7, 11) is 0. The number of rotatable bonds is 3. The maximum absolute atomic E-state index is 2.33. The van der Waals surface area contributed by atoms with Gasteiger partial charge in [0, 0.05) is 0 Å². The first kappa shape index (κ1) is 18.5. The Labute approximate surface area is 159 Å². The lowest BCUT2D eigenvalue weighted by atomic mass is 9.33. The van der Waals surface area contributed by atoms with Crippen LogP contribution in [0.25, 0.3) is 0 Å². The standard InChI is InChI=1S/C25H29B/c1-16-14-21(6)25(22(7)15-16)26(23-17(2)10-8-11-18(23)3)24-19(4)12-9-13-20(24)5/h8-15H,1-7H3. The van der Waals surface area contributed by atoms with Crippen molar-refractivity contribution in [2.75, 3.05) is 0 Å². The average molecular weight is 340 g/mol. The Morgan fingerprint density at radius 1 is 0.462 bits per heavy atom. The molecule has 0 unspecified atom stereocenters. The van der Waals surface area contributed by atoms with Gasteiger partial charge >= 0.3 is 0 Å². The van der Waals surface area contributed by atoms with Gasteiger partial charge in [0.05, 0.1) is 0 Å². The molecule has 0 saturated carbocycles. The van der Waals surface area contributed by atoms with E-state index in [1.165, 1.54) is 55.3 Å². The molecule has 0 saturated heterocycles. The molecule has 0 aromatic heterocycles. The number of benzene rings is 3. The van der Waals surface area contributed by atoms with Gasteiger partial charge in [0.15, 0.2) is 0 Å². The first-order valence-electron chi connectivity index (χ1n) is 9.51. The van der Waals surface area contributed by atoms with Gasteiger partial charge < -0.3 is 0 Å². The number of aryl methyl sites for hydroxylation is 7. The van der Waals surface area contributed by atoms with Crippen LogP contribution in [0.3, 0.4) is 0 Å². The molecule has 0 aliphatic heterocycles. The summed E-state index contributed by atoms with van der Waals surface area (Å²) in [6, 6.07) is 18.0. The maximum Gasteiger partial charge on any atom is 0.243 e. The predicted molar refractivity (Wildman–Crippen MR) is 117 cm³/mol. The summed E-state index contributed by atoms with van der Waals surface area (Å²) in [6.07, 6.45) is 0. The Kier molecular flexibility index (Phi) is 5.09. The summed E-state index contributed by atoms with van der Waals surface area (Å²) in [5.74, 6) is 0. The van der Waals surface area contributed by atoms with E-state index < -0.39 is 0 Å². The van der Waals surface area contributed by atoms with Crippen LogP contribution in [0.4, 0.5) is 0 Å².